The van der Waals surface area contributed by atoms with Crippen LogP contribution in [0, 0.1) is 13.8 Å². The van der Waals surface area contributed by atoms with Gasteiger partial charge in [-0.15, -0.1) is 4.90 Å². The number of ether oxygens (including phenoxy) is 3. The number of amides is 2. The van der Waals surface area contributed by atoms with E-state index in [1.807, 2.05) is 13.8 Å². The average Bonchev–Trinajstić information content (AvgIpc) is 3.20. The van der Waals surface area contributed by atoms with Gasteiger partial charge in [-0.1, -0.05) is 11.6 Å². The van der Waals surface area contributed by atoms with Gasteiger partial charge in [-0.25, -0.2) is 14.3 Å². The smallest absolute Gasteiger partial charge is 0.427 e. The summed E-state index contributed by atoms with van der Waals surface area (Å²) in [7, 11) is 1.58. The molecule has 0 saturated carbocycles. The van der Waals surface area contributed by atoms with Gasteiger partial charge in [0.25, 0.3) is 0 Å². The van der Waals surface area contributed by atoms with Crippen molar-refractivity contribution >= 4 is 40.8 Å². The molecule has 3 rings (SSSR count). The van der Waals surface area contributed by atoms with Crippen molar-refractivity contribution in [3.63, 3.8) is 0 Å². The third kappa shape index (κ3) is 7.84. The zero-order valence-corrected chi connectivity index (χ0v) is 26.2. The Labute approximate surface area is 249 Å². The number of hydrogen-bond acceptors (Lipinski definition) is 11. The molecule has 2 amide bonds. The maximum Gasteiger partial charge on any atom is 0.427 e. The van der Waals surface area contributed by atoms with Crippen molar-refractivity contribution in [1.29, 1.82) is 0 Å². The third-order valence-corrected chi connectivity index (χ3v) is 6.21. The Hall–Kier alpha value is -3.55. The van der Waals surface area contributed by atoms with Gasteiger partial charge in [-0.3, -0.25) is 4.98 Å². The van der Waals surface area contributed by atoms with Gasteiger partial charge in [0.1, 0.15) is 22.1 Å². The van der Waals surface area contributed by atoms with E-state index in [1.165, 1.54) is 4.68 Å². The molecule has 14 heteroatoms. The minimum Gasteiger partial charge on any atom is -0.496 e. The van der Waals surface area contributed by atoms with Gasteiger partial charge in [-0.05, 0) is 68.2 Å². The highest BCUT2D eigenvalue weighted by Crippen LogP contribution is 2.31. The number of aryl methyl sites for hydroxylation is 2. The molecule has 1 atom stereocenters. The number of carbonyl (C=O) groups excluding carboxylic acids is 2. The van der Waals surface area contributed by atoms with Crippen LogP contribution in [0.5, 0.6) is 5.75 Å². The van der Waals surface area contributed by atoms with E-state index in [0.29, 0.717) is 27.4 Å². The Morgan fingerprint density at radius 1 is 1.05 bits per heavy atom. The number of aliphatic hydroxyl groups is 2. The Morgan fingerprint density at radius 3 is 2.17 bits per heavy atom. The summed E-state index contributed by atoms with van der Waals surface area (Å²) < 4.78 is 18.0. The van der Waals surface area contributed by atoms with Gasteiger partial charge < -0.3 is 24.4 Å². The molecule has 0 aromatic carbocycles. The van der Waals surface area contributed by atoms with Crippen LogP contribution in [-0.2, 0) is 22.4 Å². The van der Waals surface area contributed by atoms with Crippen molar-refractivity contribution in [2.24, 2.45) is 0 Å². The number of fused-ring (bicyclic) bond motifs is 1. The summed E-state index contributed by atoms with van der Waals surface area (Å²) in [6.07, 6.45) is -0.956. The highest BCUT2D eigenvalue weighted by molar-refractivity contribution is 6.34. The minimum atomic E-state index is -1.05. The molecule has 42 heavy (non-hydrogen) atoms. The van der Waals surface area contributed by atoms with E-state index in [9.17, 15) is 19.8 Å². The normalized spacial score (nSPS) is 12.8. The summed E-state index contributed by atoms with van der Waals surface area (Å²) in [6.45, 7) is 13.4. The standard InChI is InChI=1S/C28H39ClN6O7/c1-15-12-30-19(16(2)21(15)40-9)13-34-23-20(18(33-34)11-10-17(37)14-36)22(29)31-24(32-23)35(25(38)41-27(3,4)5)26(39)42-28(6,7)8/h12,17,36-37H,10-11,13-14H2,1-9H3. The SMILES string of the molecule is COc1c(C)cnc(Cn2nc(CCC(O)CO)c3c(Cl)nc(N(C(=O)OC(C)(C)C)C(=O)OC(C)(C)C)nc32)c1C. The number of aliphatic hydroxyl groups excluding tert-OH is 2. The quantitative estimate of drug-likeness (QED) is 0.347. The number of rotatable bonds is 8. The summed E-state index contributed by atoms with van der Waals surface area (Å²) >= 11 is 6.67. The van der Waals surface area contributed by atoms with Gasteiger partial charge in [0.05, 0.1) is 43.1 Å². The number of aromatic nitrogens is 5. The zero-order valence-electron chi connectivity index (χ0n) is 25.5. The molecule has 0 radical (unpaired) electrons. The molecule has 0 aliphatic rings. The molecular formula is C28H39ClN6O7. The van der Waals surface area contributed by atoms with E-state index in [1.54, 1.807) is 54.8 Å². The van der Waals surface area contributed by atoms with Crippen molar-refractivity contribution < 1.29 is 34.0 Å². The Balaban J connectivity index is 2.23. The fraction of sp³-hybridized carbons (Fsp3) is 0.571. The summed E-state index contributed by atoms with van der Waals surface area (Å²) in [5.41, 5.74) is 1.06. The molecule has 3 aromatic heterocycles. The van der Waals surface area contributed by atoms with Crippen LogP contribution < -0.4 is 9.64 Å². The number of pyridine rings is 1. The first-order valence-corrected chi connectivity index (χ1v) is 13.8. The van der Waals surface area contributed by atoms with Crippen LogP contribution >= 0.6 is 11.6 Å². The monoisotopic (exact) mass is 606 g/mol. The lowest BCUT2D eigenvalue weighted by molar-refractivity contribution is 0.0427. The number of imide groups is 1. The highest BCUT2D eigenvalue weighted by Gasteiger charge is 2.36. The van der Waals surface area contributed by atoms with Gasteiger partial charge in [-0.2, -0.15) is 15.1 Å². The molecule has 3 aromatic rings. The highest BCUT2D eigenvalue weighted by atomic mass is 35.5. The second-order valence-electron chi connectivity index (χ2n) is 11.8. The van der Waals surface area contributed by atoms with Crippen molar-refractivity contribution in [3.8, 4) is 5.75 Å². The summed E-state index contributed by atoms with van der Waals surface area (Å²) in [4.78, 5) is 40.5. The van der Waals surface area contributed by atoms with Crippen LogP contribution in [0.15, 0.2) is 6.20 Å². The Bertz CT molecular complexity index is 1430. The molecule has 230 valence electrons. The lowest BCUT2D eigenvalue weighted by atomic mass is 10.1. The van der Waals surface area contributed by atoms with Crippen LogP contribution in [0.4, 0.5) is 15.5 Å². The maximum atomic E-state index is 13.3. The Morgan fingerprint density at radius 2 is 1.64 bits per heavy atom. The summed E-state index contributed by atoms with van der Waals surface area (Å²) in [5, 5.41) is 24.2. The molecule has 1 unspecified atom stereocenters. The predicted molar refractivity (Wildman–Crippen MR) is 156 cm³/mol. The molecule has 13 nitrogen and oxygen atoms in total. The van der Waals surface area contributed by atoms with E-state index < -0.39 is 36.1 Å². The summed E-state index contributed by atoms with van der Waals surface area (Å²) in [5.74, 6) is 0.308. The van der Waals surface area contributed by atoms with Crippen LogP contribution in [-0.4, -0.2) is 78.2 Å². The van der Waals surface area contributed by atoms with Crippen LogP contribution in [0.25, 0.3) is 11.0 Å². The van der Waals surface area contributed by atoms with E-state index in [2.05, 4.69) is 20.1 Å². The number of methoxy groups -OCH3 is 1. The first-order valence-electron chi connectivity index (χ1n) is 13.4. The zero-order chi connectivity index (χ0) is 31.6. The molecule has 0 spiro atoms. The molecule has 0 aliphatic heterocycles. The van der Waals surface area contributed by atoms with E-state index in [-0.39, 0.29) is 36.1 Å². The van der Waals surface area contributed by atoms with Gasteiger partial charge in [0.2, 0.25) is 5.95 Å². The minimum absolute atomic E-state index is 0.0852. The lowest BCUT2D eigenvalue weighted by Crippen LogP contribution is -2.44. The fourth-order valence-electron chi connectivity index (χ4n) is 4.09. The van der Waals surface area contributed by atoms with E-state index in [4.69, 9.17) is 25.8 Å². The van der Waals surface area contributed by atoms with E-state index >= 15 is 0 Å². The number of carbonyl (C=O) groups is 2. The number of halogens is 1. The average molecular weight is 607 g/mol. The number of anilines is 1. The van der Waals surface area contributed by atoms with Crippen LogP contribution in [0.1, 0.15) is 70.5 Å². The third-order valence-electron chi connectivity index (χ3n) is 5.94. The molecule has 3 heterocycles. The first kappa shape index (κ1) is 33.0. The molecule has 0 fully saturated rings. The molecule has 0 bridgehead atoms. The van der Waals surface area contributed by atoms with Crippen molar-refractivity contribution in [2.75, 3.05) is 18.6 Å². The lowest BCUT2D eigenvalue weighted by Gasteiger charge is -2.27. The maximum absolute atomic E-state index is 13.3. The van der Waals surface area contributed by atoms with Crippen molar-refractivity contribution in [3.05, 3.63) is 33.9 Å². The molecule has 0 aliphatic carbocycles. The van der Waals surface area contributed by atoms with Crippen LogP contribution in [0.3, 0.4) is 0 Å². The van der Waals surface area contributed by atoms with Gasteiger partial charge in [0.15, 0.2) is 5.65 Å². The topological polar surface area (TPSA) is 162 Å². The van der Waals surface area contributed by atoms with Gasteiger partial charge >= 0.3 is 12.2 Å². The number of hydrogen-bond donors (Lipinski definition) is 2. The van der Waals surface area contributed by atoms with Crippen molar-refractivity contribution in [1.82, 2.24) is 24.7 Å². The van der Waals surface area contributed by atoms with E-state index in [0.717, 1.165) is 11.1 Å². The van der Waals surface area contributed by atoms with Gasteiger partial charge in [0, 0.05) is 17.3 Å². The second kappa shape index (κ2) is 12.8. The number of nitrogens with zero attached hydrogens (tertiary/aromatic N) is 6. The first-order chi connectivity index (χ1) is 19.5. The molecule has 0 saturated heterocycles. The van der Waals surface area contributed by atoms with Crippen LogP contribution in [0.2, 0.25) is 5.15 Å². The fourth-order valence-corrected chi connectivity index (χ4v) is 4.36. The summed E-state index contributed by atoms with van der Waals surface area (Å²) in [6, 6.07) is 0. The Kier molecular flexibility index (Phi) is 10.0. The second-order valence-corrected chi connectivity index (χ2v) is 12.2. The predicted octanol–water partition coefficient (Wildman–Crippen LogP) is 4.51. The molecular weight excluding hydrogens is 568 g/mol. The largest absolute Gasteiger partial charge is 0.496 e. The van der Waals surface area contributed by atoms with Crippen molar-refractivity contribution in [2.45, 2.75) is 92.1 Å². The molecule has 2 N–H and O–H groups in total.